The maximum atomic E-state index is 13.0. The third-order valence-electron chi connectivity index (χ3n) is 3.23. The molecule has 0 saturated heterocycles. The predicted octanol–water partition coefficient (Wildman–Crippen LogP) is 3.79. The monoisotopic (exact) mass is 255 g/mol. The number of benzene rings is 1. The summed E-state index contributed by atoms with van der Waals surface area (Å²) in [6.07, 6.45) is -1.05. The number of halogens is 2. The average Bonchev–Trinajstić information content (AvgIpc) is 2.26. The summed E-state index contributed by atoms with van der Waals surface area (Å²) in [7, 11) is 0. The second kappa shape index (κ2) is 6.83. The molecule has 0 bridgehead atoms. The summed E-state index contributed by atoms with van der Waals surface area (Å²) in [6, 6.07) is 3.38. The highest BCUT2D eigenvalue weighted by atomic mass is 19.3. The number of nitrogens with one attached hydrogen (secondary N) is 1. The lowest BCUT2D eigenvalue weighted by atomic mass is 9.94. The first kappa shape index (κ1) is 15.1. The van der Waals surface area contributed by atoms with Crippen LogP contribution in [0.3, 0.4) is 0 Å². The molecule has 0 aliphatic rings. The second-order valence-corrected chi connectivity index (χ2v) is 4.98. The molecule has 0 fully saturated rings. The van der Waals surface area contributed by atoms with Gasteiger partial charge in [0.1, 0.15) is 0 Å². The van der Waals surface area contributed by atoms with Crippen LogP contribution in [0.4, 0.5) is 8.78 Å². The molecule has 0 saturated carbocycles. The molecule has 0 heterocycles. The molecule has 0 aliphatic heterocycles. The Morgan fingerprint density at radius 3 is 2.11 bits per heavy atom. The van der Waals surface area contributed by atoms with Crippen molar-refractivity contribution < 1.29 is 8.78 Å². The Hall–Kier alpha value is -0.960. The van der Waals surface area contributed by atoms with Crippen molar-refractivity contribution in [3.05, 3.63) is 34.4 Å². The molecular weight excluding hydrogens is 232 g/mol. The lowest BCUT2D eigenvalue weighted by Gasteiger charge is -2.20. The lowest BCUT2D eigenvalue weighted by molar-refractivity contribution is 0.0982. The molecule has 1 N–H and O–H groups in total. The van der Waals surface area contributed by atoms with Gasteiger partial charge < -0.3 is 5.32 Å². The SMILES string of the molecule is CCCNC(Cc1c(C)cc(C)cc1C)C(F)F. The molecule has 102 valence electrons. The van der Waals surface area contributed by atoms with Crippen molar-refractivity contribution >= 4 is 0 Å². The van der Waals surface area contributed by atoms with Crippen molar-refractivity contribution in [3.63, 3.8) is 0 Å². The Morgan fingerprint density at radius 2 is 1.67 bits per heavy atom. The third kappa shape index (κ3) is 4.05. The van der Waals surface area contributed by atoms with Crippen molar-refractivity contribution in [3.8, 4) is 0 Å². The summed E-state index contributed by atoms with van der Waals surface area (Å²) < 4.78 is 26.0. The minimum Gasteiger partial charge on any atom is -0.309 e. The summed E-state index contributed by atoms with van der Waals surface area (Å²) in [4.78, 5) is 0. The number of hydrogen-bond acceptors (Lipinski definition) is 1. The van der Waals surface area contributed by atoms with E-state index in [4.69, 9.17) is 0 Å². The van der Waals surface area contributed by atoms with Crippen LogP contribution >= 0.6 is 0 Å². The third-order valence-corrected chi connectivity index (χ3v) is 3.23. The van der Waals surface area contributed by atoms with Gasteiger partial charge in [-0.1, -0.05) is 24.6 Å². The topological polar surface area (TPSA) is 12.0 Å². The zero-order valence-corrected chi connectivity index (χ0v) is 11.7. The molecule has 1 aromatic carbocycles. The van der Waals surface area contributed by atoms with E-state index < -0.39 is 12.5 Å². The van der Waals surface area contributed by atoms with Crippen molar-refractivity contribution in [2.45, 2.75) is 53.0 Å². The molecule has 1 nitrogen and oxygen atoms in total. The summed E-state index contributed by atoms with van der Waals surface area (Å²) in [5.74, 6) is 0. The fourth-order valence-electron chi connectivity index (χ4n) is 2.33. The van der Waals surface area contributed by atoms with Crippen LogP contribution in [-0.2, 0) is 6.42 Å². The summed E-state index contributed by atoms with van der Waals surface area (Å²) in [5.41, 5.74) is 4.45. The van der Waals surface area contributed by atoms with Gasteiger partial charge in [-0.2, -0.15) is 0 Å². The van der Waals surface area contributed by atoms with Crippen molar-refractivity contribution in [2.75, 3.05) is 6.54 Å². The highest BCUT2D eigenvalue weighted by Crippen LogP contribution is 2.20. The van der Waals surface area contributed by atoms with Crippen molar-refractivity contribution in [1.29, 1.82) is 0 Å². The van der Waals surface area contributed by atoms with Crippen LogP contribution in [0.5, 0.6) is 0 Å². The first-order valence-corrected chi connectivity index (χ1v) is 6.54. The number of hydrogen-bond donors (Lipinski definition) is 1. The van der Waals surface area contributed by atoms with E-state index in [1.54, 1.807) is 0 Å². The quantitative estimate of drug-likeness (QED) is 0.815. The highest BCUT2D eigenvalue weighted by molar-refractivity contribution is 5.38. The normalized spacial score (nSPS) is 13.1. The minimum absolute atomic E-state index is 0.398. The predicted molar refractivity (Wildman–Crippen MR) is 72.4 cm³/mol. The molecule has 1 rings (SSSR count). The van der Waals surface area contributed by atoms with Gasteiger partial charge >= 0.3 is 0 Å². The maximum absolute atomic E-state index is 13.0. The Labute approximate surface area is 109 Å². The van der Waals surface area contributed by atoms with Gasteiger partial charge in [0.2, 0.25) is 0 Å². The summed E-state index contributed by atoms with van der Waals surface area (Å²) >= 11 is 0. The molecular formula is C15H23F2N. The Morgan fingerprint density at radius 1 is 1.11 bits per heavy atom. The van der Waals surface area contributed by atoms with Crippen LogP contribution in [0.2, 0.25) is 0 Å². The molecule has 18 heavy (non-hydrogen) atoms. The van der Waals surface area contributed by atoms with Gasteiger partial charge in [-0.15, -0.1) is 0 Å². The zero-order valence-electron chi connectivity index (χ0n) is 11.7. The maximum Gasteiger partial charge on any atom is 0.254 e. The number of alkyl halides is 2. The van der Waals surface area contributed by atoms with E-state index in [1.165, 1.54) is 5.56 Å². The number of aryl methyl sites for hydroxylation is 3. The van der Waals surface area contributed by atoms with Gasteiger partial charge in [-0.3, -0.25) is 0 Å². The van der Waals surface area contributed by atoms with Gasteiger partial charge in [0.25, 0.3) is 6.43 Å². The van der Waals surface area contributed by atoms with E-state index in [-0.39, 0.29) is 0 Å². The van der Waals surface area contributed by atoms with E-state index in [9.17, 15) is 8.78 Å². The second-order valence-electron chi connectivity index (χ2n) is 4.98. The van der Waals surface area contributed by atoms with Crippen LogP contribution in [0.25, 0.3) is 0 Å². The molecule has 0 aliphatic carbocycles. The van der Waals surface area contributed by atoms with Crippen LogP contribution < -0.4 is 5.32 Å². The highest BCUT2D eigenvalue weighted by Gasteiger charge is 2.21. The van der Waals surface area contributed by atoms with Gasteiger partial charge in [-0.25, -0.2) is 8.78 Å². The van der Waals surface area contributed by atoms with Crippen LogP contribution in [0.15, 0.2) is 12.1 Å². The molecule has 0 radical (unpaired) electrons. The zero-order chi connectivity index (χ0) is 13.7. The fourth-order valence-corrected chi connectivity index (χ4v) is 2.33. The Balaban J connectivity index is 2.86. The largest absolute Gasteiger partial charge is 0.309 e. The molecule has 0 amide bonds. The summed E-state index contributed by atoms with van der Waals surface area (Å²) in [5, 5.41) is 2.94. The first-order valence-electron chi connectivity index (χ1n) is 6.54. The van der Waals surface area contributed by atoms with E-state index >= 15 is 0 Å². The van der Waals surface area contributed by atoms with Crippen molar-refractivity contribution in [2.24, 2.45) is 0 Å². The van der Waals surface area contributed by atoms with E-state index in [0.717, 1.165) is 23.1 Å². The van der Waals surface area contributed by atoms with E-state index in [2.05, 4.69) is 17.4 Å². The minimum atomic E-state index is -2.32. The molecule has 1 unspecified atom stereocenters. The molecule has 0 spiro atoms. The Bertz CT molecular complexity index is 365. The van der Waals surface area contributed by atoms with E-state index in [0.29, 0.717) is 13.0 Å². The first-order chi connectivity index (χ1) is 8.45. The molecule has 1 atom stereocenters. The van der Waals surface area contributed by atoms with Gasteiger partial charge in [0, 0.05) is 0 Å². The standard InChI is InChI=1S/C15H23F2N/c1-5-6-18-14(15(16)17)9-13-11(3)7-10(2)8-12(13)4/h7-8,14-15,18H,5-6,9H2,1-4H3. The molecule has 1 aromatic rings. The van der Waals surface area contributed by atoms with Gasteiger partial charge in [0.15, 0.2) is 0 Å². The fraction of sp³-hybridized carbons (Fsp3) is 0.600. The average molecular weight is 255 g/mol. The van der Waals surface area contributed by atoms with E-state index in [1.807, 2.05) is 27.7 Å². The van der Waals surface area contributed by atoms with Gasteiger partial charge in [-0.05, 0) is 56.8 Å². The van der Waals surface area contributed by atoms with Crippen molar-refractivity contribution in [1.82, 2.24) is 5.32 Å². The summed E-state index contributed by atoms with van der Waals surface area (Å²) in [6.45, 7) is 8.65. The lowest BCUT2D eigenvalue weighted by Crippen LogP contribution is -2.38. The number of rotatable bonds is 6. The van der Waals surface area contributed by atoms with Crippen LogP contribution in [0, 0.1) is 20.8 Å². The molecule has 0 aromatic heterocycles. The molecule has 3 heteroatoms. The smallest absolute Gasteiger partial charge is 0.254 e. The van der Waals surface area contributed by atoms with Crippen LogP contribution in [0.1, 0.15) is 35.6 Å². The van der Waals surface area contributed by atoms with Crippen LogP contribution in [-0.4, -0.2) is 19.0 Å². The Kier molecular flexibility index (Phi) is 5.73. The van der Waals surface area contributed by atoms with Gasteiger partial charge in [0.05, 0.1) is 6.04 Å².